The van der Waals surface area contributed by atoms with Crippen LogP contribution in [-0.4, -0.2) is 46.2 Å². The van der Waals surface area contributed by atoms with E-state index in [0.29, 0.717) is 36.7 Å². The minimum Gasteiger partial charge on any atom is -0.421 e. The molecule has 3 heterocycles. The van der Waals surface area contributed by atoms with Crippen LogP contribution in [0.5, 0.6) is 0 Å². The topological polar surface area (TPSA) is 71.3 Å². The number of amides is 1. The highest BCUT2D eigenvalue weighted by Gasteiger charge is 2.36. The minimum atomic E-state index is 0.0804. The largest absolute Gasteiger partial charge is 0.421 e. The van der Waals surface area contributed by atoms with E-state index in [4.69, 9.17) is 4.42 Å². The van der Waals surface area contributed by atoms with Gasteiger partial charge in [-0.25, -0.2) is 0 Å². The maximum absolute atomic E-state index is 12.3. The van der Waals surface area contributed by atoms with Gasteiger partial charge in [0.1, 0.15) is 0 Å². The molecule has 0 saturated carbocycles. The van der Waals surface area contributed by atoms with Gasteiger partial charge in [0.2, 0.25) is 17.7 Å². The van der Waals surface area contributed by atoms with Gasteiger partial charge in [-0.05, 0) is 37.9 Å². The van der Waals surface area contributed by atoms with Gasteiger partial charge in [-0.15, -0.1) is 10.2 Å². The summed E-state index contributed by atoms with van der Waals surface area (Å²) in [6.07, 6.45) is 5.70. The van der Waals surface area contributed by atoms with Crippen LogP contribution < -0.4 is 5.32 Å². The van der Waals surface area contributed by atoms with Crippen LogP contribution in [0.4, 0.5) is 0 Å². The van der Waals surface area contributed by atoms with Crippen LogP contribution in [0.3, 0.4) is 0 Å². The normalized spacial score (nSPS) is 23.4. The zero-order valence-corrected chi connectivity index (χ0v) is 14.4. The second-order valence-electron chi connectivity index (χ2n) is 6.93. The predicted molar refractivity (Wildman–Crippen MR) is 93.8 cm³/mol. The SMILES string of the molecule is O=C(CCc1nnc(-c2ccccc2)o1)N[C@H]1CCN2CCCC[C@@H]12. The summed E-state index contributed by atoms with van der Waals surface area (Å²) in [5, 5.41) is 11.3. The predicted octanol–water partition coefficient (Wildman–Crippen LogP) is 2.41. The smallest absolute Gasteiger partial charge is 0.247 e. The Hall–Kier alpha value is -2.21. The van der Waals surface area contributed by atoms with E-state index in [2.05, 4.69) is 20.4 Å². The highest BCUT2D eigenvalue weighted by Crippen LogP contribution is 2.27. The Labute approximate surface area is 147 Å². The average Bonchev–Trinajstić information content (AvgIpc) is 3.28. The van der Waals surface area contributed by atoms with Gasteiger partial charge in [0.25, 0.3) is 0 Å². The van der Waals surface area contributed by atoms with Crippen LogP contribution >= 0.6 is 0 Å². The van der Waals surface area contributed by atoms with E-state index in [-0.39, 0.29) is 5.91 Å². The molecule has 2 fully saturated rings. The third-order valence-corrected chi connectivity index (χ3v) is 5.26. The molecule has 2 aliphatic heterocycles. The van der Waals surface area contributed by atoms with Crippen molar-refractivity contribution in [1.82, 2.24) is 20.4 Å². The number of aromatic nitrogens is 2. The molecule has 25 heavy (non-hydrogen) atoms. The number of fused-ring (bicyclic) bond motifs is 1. The van der Waals surface area contributed by atoms with Gasteiger partial charge in [-0.1, -0.05) is 24.6 Å². The van der Waals surface area contributed by atoms with Crippen molar-refractivity contribution >= 4 is 5.91 Å². The lowest BCUT2D eigenvalue weighted by atomic mass is 9.99. The van der Waals surface area contributed by atoms with Crippen LogP contribution in [0.1, 0.15) is 38.0 Å². The molecule has 1 aromatic carbocycles. The molecule has 1 aromatic heterocycles. The first-order valence-corrected chi connectivity index (χ1v) is 9.21. The van der Waals surface area contributed by atoms with Gasteiger partial charge >= 0.3 is 0 Å². The lowest BCUT2D eigenvalue weighted by Gasteiger charge is -2.32. The number of nitrogens with one attached hydrogen (secondary N) is 1. The molecular weight excluding hydrogens is 316 g/mol. The second kappa shape index (κ2) is 7.35. The quantitative estimate of drug-likeness (QED) is 0.905. The third-order valence-electron chi connectivity index (χ3n) is 5.26. The monoisotopic (exact) mass is 340 g/mol. The van der Waals surface area contributed by atoms with Crippen molar-refractivity contribution < 1.29 is 9.21 Å². The summed E-state index contributed by atoms with van der Waals surface area (Å²) in [4.78, 5) is 14.8. The van der Waals surface area contributed by atoms with Gasteiger partial charge in [-0.3, -0.25) is 9.69 Å². The zero-order chi connectivity index (χ0) is 17.1. The molecule has 2 saturated heterocycles. The number of piperidine rings is 1. The van der Waals surface area contributed by atoms with Crippen LogP contribution in [0, 0.1) is 0 Å². The fourth-order valence-corrected chi connectivity index (χ4v) is 3.97. The number of benzene rings is 1. The Kier molecular flexibility index (Phi) is 4.78. The number of hydrogen-bond acceptors (Lipinski definition) is 5. The molecule has 0 aliphatic carbocycles. The molecule has 4 rings (SSSR count). The van der Waals surface area contributed by atoms with Crippen LogP contribution in [0.2, 0.25) is 0 Å². The summed E-state index contributed by atoms with van der Waals surface area (Å²) in [7, 11) is 0. The summed E-state index contributed by atoms with van der Waals surface area (Å²) in [6, 6.07) is 10.5. The van der Waals surface area contributed by atoms with Crippen molar-refractivity contribution in [2.75, 3.05) is 13.1 Å². The van der Waals surface area contributed by atoms with Gasteiger partial charge < -0.3 is 9.73 Å². The molecule has 2 aromatic rings. The first-order valence-electron chi connectivity index (χ1n) is 9.21. The number of rotatable bonds is 5. The van der Waals surface area contributed by atoms with Crippen molar-refractivity contribution in [2.45, 2.75) is 50.6 Å². The molecule has 1 N–H and O–H groups in total. The molecule has 6 heteroatoms. The standard InChI is InChI=1S/C19H24N4O2/c24-17(20-15-11-13-23-12-5-4-8-16(15)23)9-10-18-21-22-19(25-18)14-6-2-1-3-7-14/h1-3,6-7,15-16H,4-5,8-13H2,(H,20,24)/t15-,16-/m0/s1. The number of hydrogen-bond donors (Lipinski definition) is 1. The van der Waals surface area contributed by atoms with Gasteiger partial charge in [0, 0.05) is 37.0 Å². The average molecular weight is 340 g/mol. The van der Waals surface area contributed by atoms with E-state index in [1.165, 1.54) is 25.8 Å². The van der Waals surface area contributed by atoms with E-state index in [0.717, 1.165) is 18.5 Å². The maximum atomic E-state index is 12.3. The second-order valence-corrected chi connectivity index (χ2v) is 6.93. The molecule has 0 radical (unpaired) electrons. The molecule has 0 unspecified atom stereocenters. The summed E-state index contributed by atoms with van der Waals surface area (Å²) >= 11 is 0. The van der Waals surface area contributed by atoms with Crippen LogP contribution in [-0.2, 0) is 11.2 Å². The number of carbonyl (C=O) groups excluding carboxylic acids is 1. The molecule has 132 valence electrons. The van der Waals surface area contributed by atoms with E-state index >= 15 is 0 Å². The molecular formula is C19H24N4O2. The minimum absolute atomic E-state index is 0.0804. The summed E-state index contributed by atoms with van der Waals surface area (Å²) in [5.74, 6) is 1.10. The Morgan fingerprint density at radius 2 is 2.04 bits per heavy atom. The van der Waals surface area contributed by atoms with Crippen molar-refractivity contribution in [2.24, 2.45) is 0 Å². The summed E-state index contributed by atoms with van der Waals surface area (Å²) in [6.45, 7) is 2.29. The van der Waals surface area contributed by atoms with Crippen molar-refractivity contribution in [3.8, 4) is 11.5 Å². The third kappa shape index (κ3) is 3.74. The van der Waals surface area contributed by atoms with Gasteiger partial charge in [-0.2, -0.15) is 0 Å². The first kappa shape index (κ1) is 16.3. The Balaban J connectivity index is 1.28. The zero-order valence-electron chi connectivity index (χ0n) is 14.4. The Bertz CT molecular complexity index is 715. The highest BCUT2D eigenvalue weighted by atomic mass is 16.4. The van der Waals surface area contributed by atoms with E-state index in [9.17, 15) is 4.79 Å². The van der Waals surface area contributed by atoms with Crippen molar-refractivity contribution in [1.29, 1.82) is 0 Å². The lowest BCUT2D eigenvalue weighted by molar-refractivity contribution is -0.122. The molecule has 0 spiro atoms. The van der Waals surface area contributed by atoms with Gasteiger partial charge in [0.05, 0.1) is 0 Å². The van der Waals surface area contributed by atoms with E-state index in [1.807, 2.05) is 30.3 Å². The fraction of sp³-hybridized carbons (Fsp3) is 0.526. The first-order chi connectivity index (χ1) is 12.3. The molecule has 0 bridgehead atoms. The molecule has 1 amide bonds. The lowest BCUT2D eigenvalue weighted by Crippen LogP contribution is -2.46. The fourth-order valence-electron chi connectivity index (χ4n) is 3.97. The number of aryl methyl sites for hydroxylation is 1. The summed E-state index contributed by atoms with van der Waals surface area (Å²) in [5.41, 5.74) is 0.897. The van der Waals surface area contributed by atoms with Crippen molar-refractivity contribution in [3.05, 3.63) is 36.2 Å². The van der Waals surface area contributed by atoms with E-state index in [1.54, 1.807) is 0 Å². The number of carbonyl (C=O) groups is 1. The molecule has 6 nitrogen and oxygen atoms in total. The van der Waals surface area contributed by atoms with E-state index < -0.39 is 0 Å². The van der Waals surface area contributed by atoms with Crippen LogP contribution in [0.25, 0.3) is 11.5 Å². The highest BCUT2D eigenvalue weighted by molar-refractivity contribution is 5.76. The molecule has 2 atom stereocenters. The van der Waals surface area contributed by atoms with Crippen LogP contribution in [0.15, 0.2) is 34.7 Å². The number of nitrogens with zero attached hydrogens (tertiary/aromatic N) is 3. The Morgan fingerprint density at radius 3 is 2.92 bits per heavy atom. The maximum Gasteiger partial charge on any atom is 0.247 e. The van der Waals surface area contributed by atoms with Crippen molar-refractivity contribution in [3.63, 3.8) is 0 Å². The summed E-state index contributed by atoms with van der Waals surface area (Å²) < 4.78 is 5.67. The Morgan fingerprint density at radius 1 is 1.16 bits per heavy atom. The molecule has 2 aliphatic rings. The van der Waals surface area contributed by atoms with Gasteiger partial charge in [0.15, 0.2) is 0 Å².